The maximum atomic E-state index is 10.0. The van der Waals surface area contributed by atoms with Crippen molar-refractivity contribution in [3.05, 3.63) is 35.4 Å². The molecule has 0 aliphatic heterocycles. The summed E-state index contributed by atoms with van der Waals surface area (Å²) < 4.78 is 0. The van der Waals surface area contributed by atoms with Gasteiger partial charge in [0, 0.05) is 12.1 Å². The summed E-state index contributed by atoms with van der Waals surface area (Å²) in [6, 6.07) is 7.79. The summed E-state index contributed by atoms with van der Waals surface area (Å²) >= 11 is 0. The quantitative estimate of drug-likeness (QED) is 0.542. The molecule has 0 aromatic heterocycles. The van der Waals surface area contributed by atoms with Crippen LogP contribution in [-0.4, -0.2) is 6.41 Å². The fourth-order valence-corrected chi connectivity index (χ4v) is 1.01. The van der Waals surface area contributed by atoms with Crippen molar-refractivity contribution in [2.45, 2.75) is 13.5 Å². The summed E-state index contributed by atoms with van der Waals surface area (Å²) in [7, 11) is 0. The highest BCUT2D eigenvalue weighted by Gasteiger charge is 1.90. The standard InChI is InChI=1S/C11H11NO/c1-2-3-10-4-6-11(7-5-10)8-12-9-13/h4-7,9H,8H2,1H3,(H,12,13). The van der Waals surface area contributed by atoms with Gasteiger partial charge in [0.25, 0.3) is 0 Å². The van der Waals surface area contributed by atoms with Gasteiger partial charge in [0.15, 0.2) is 0 Å². The maximum absolute atomic E-state index is 10.0. The SMILES string of the molecule is CC#Cc1ccc(CNC=O)cc1. The second-order valence-corrected chi connectivity index (χ2v) is 2.57. The Hall–Kier alpha value is -1.75. The summed E-state index contributed by atoms with van der Waals surface area (Å²) in [4.78, 5) is 10.0. The fraction of sp³-hybridized carbons (Fsp3) is 0.182. The molecule has 0 saturated heterocycles. The molecular formula is C11H11NO. The van der Waals surface area contributed by atoms with Gasteiger partial charge in [0.2, 0.25) is 6.41 Å². The largest absolute Gasteiger partial charge is 0.355 e. The van der Waals surface area contributed by atoms with Crippen molar-refractivity contribution in [1.82, 2.24) is 5.32 Å². The summed E-state index contributed by atoms with van der Waals surface area (Å²) in [5, 5.41) is 2.60. The molecule has 0 fully saturated rings. The Morgan fingerprint density at radius 1 is 1.38 bits per heavy atom. The molecule has 0 bridgehead atoms. The Balaban J connectivity index is 2.67. The summed E-state index contributed by atoms with van der Waals surface area (Å²) in [6.45, 7) is 2.38. The Labute approximate surface area is 78.0 Å². The smallest absolute Gasteiger partial charge is 0.207 e. The molecule has 2 nitrogen and oxygen atoms in total. The van der Waals surface area contributed by atoms with Crippen molar-refractivity contribution in [2.75, 3.05) is 0 Å². The van der Waals surface area contributed by atoms with Crippen molar-refractivity contribution in [1.29, 1.82) is 0 Å². The van der Waals surface area contributed by atoms with Crippen molar-refractivity contribution in [3.63, 3.8) is 0 Å². The van der Waals surface area contributed by atoms with E-state index in [0.717, 1.165) is 11.1 Å². The van der Waals surface area contributed by atoms with Crippen molar-refractivity contribution < 1.29 is 4.79 Å². The van der Waals surface area contributed by atoms with Gasteiger partial charge in [-0.25, -0.2) is 0 Å². The molecule has 66 valence electrons. The number of benzene rings is 1. The van der Waals surface area contributed by atoms with E-state index in [9.17, 15) is 4.79 Å². The highest BCUT2D eigenvalue weighted by molar-refractivity contribution is 5.46. The molecule has 1 aromatic carbocycles. The van der Waals surface area contributed by atoms with E-state index in [1.54, 1.807) is 0 Å². The maximum Gasteiger partial charge on any atom is 0.207 e. The Morgan fingerprint density at radius 2 is 2.08 bits per heavy atom. The van der Waals surface area contributed by atoms with Crippen LogP contribution in [0.4, 0.5) is 0 Å². The highest BCUT2D eigenvalue weighted by atomic mass is 16.1. The number of carbonyl (C=O) groups is 1. The van der Waals surface area contributed by atoms with Gasteiger partial charge in [0.1, 0.15) is 0 Å². The average Bonchev–Trinajstić information content (AvgIpc) is 2.17. The van der Waals surface area contributed by atoms with Gasteiger partial charge in [0.05, 0.1) is 0 Å². The lowest BCUT2D eigenvalue weighted by molar-refractivity contribution is -0.109. The predicted molar refractivity (Wildman–Crippen MR) is 51.9 cm³/mol. The van der Waals surface area contributed by atoms with Crippen LogP contribution in [0.25, 0.3) is 0 Å². The van der Waals surface area contributed by atoms with E-state index < -0.39 is 0 Å². The minimum absolute atomic E-state index is 0.573. The molecule has 0 aliphatic carbocycles. The number of hydrogen-bond donors (Lipinski definition) is 1. The van der Waals surface area contributed by atoms with Crippen molar-refractivity contribution in [3.8, 4) is 11.8 Å². The van der Waals surface area contributed by atoms with Gasteiger partial charge in [-0.05, 0) is 24.6 Å². The van der Waals surface area contributed by atoms with E-state index in [1.165, 1.54) is 0 Å². The van der Waals surface area contributed by atoms with Crippen LogP contribution in [-0.2, 0) is 11.3 Å². The van der Waals surface area contributed by atoms with Gasteiger partial charge in [-0.15, -0.1) is 5.92 Å². The lowest BCUT2D eigenvalue weighted by Crippen LogP contribution is -2.09. The van der Waals surface area contributed by atoms with Gasteiger partial charge >= 0.3 is 0 Å². The third-order valence-electron chi connectivity index (χ3n) is 1.61. The second kappa shape index (κ2) is 5.00. The van der Waals surface area contributed by atoms with Crippen LogP contribution in [0, 0.1) is 11.8 Å². The van der Waals surface area contributed by atoms with Gasteiger partial charge in [-0.1, -0.05) is 18.1 Å². The molecule has 1 amide bonds. The molecule has 0 heterocycles. The van der Waals surface area contributed by atoms with Crippen LogP contribution < -0.4 is 5.32 Å². The predicted octanol–water partition coefficient (Wildman–Crippen LogP) is 1.30. The third kappa shape index (κ3) is 3.00. The van der Waals surface area contributed by atoms with Crippen molar-refractivity contribution >= 4 is 6.41 Å². The molecule has 0 spiro atoms. The summed E-state index contributed by atoms with van der Waals surface area (Å²) in [5.74, 6) is 5.78. The molecule has 2 heteroatoms. The number of amides is 1. The molecule has 0 unspecified atom stereocenters. The number of hydrogen-bond acceptors (Lipinski definition) is 1. The van der Waals surface area contributed by atoms with Crippen LogP contribution >= 0.6 is 0 Å². The molecule has 0 aliphatic rings. The first-order valence-electron chi connectivity index (χ1n) is 4.05. The lowest BCUT2D eigenvalue weighted by Gasteiger charge is -1.98. The van der Waals surface area contributed by atoms with Crippen LogP contribution in [0.2, 0.25) is 0 Å². The Kier molecular flexibility index (Phi) is 3.59. The van der Waals surface area contributed by atoms with E-state index in [2.05, 4.69) is 17.2 Å². The van der Waals surface area contributed by atoms with E-state index in [4.69, 9.17) is 0 Å². The highest BCUT2D eigenvalue weighted by Crippen LogP contribution is 2.02. The summed E-state index contributed by atoms with van der Waals surface area (Å²) in [6.07, 6.45) is 0.694. The minimum Gasteiger partial charge on any atom is -0.355 e. The van der Waals surface area contributed by atoms with Crippen LogP contribution in [0.5, 0.6) is 0 Å². The van der Waals surface area contributed by atoms with Crippen LogP contribution in [0.1, 0.15) is 18.1 Å². The van der Waals surface area contributed by atoms with E-state index >= 15 is 0 Å². The third-order valence-corrected chi connectivity index (χ3v) is 1.61. The normalized spacial score (nSPS) is 8.38. The molecule has 0 radical (unpaired) electrons. The van der Waals surface area contributed by atoms with E-state index in [1.807, 2.05) is 31.2 Å². The van der Waals surface area contributed by atoms with Gasteiger partial charge in [-0.3, -0.25) is 4.79 Å². The molecule has 1 N–H and O–H groups in total. The van der Waals surface area contributed by atoms with Crippen LogP contribution in [0.15, 0.2) is 24.3 Å². The Bertz CT molecular complexity index is 329. The van der Waals surface area contributed by atoms with Crippen molar-refractivity contribution in [2.24, 2.45) is 0 Å². The van der Waals surface area contributed by atoms with E-state index in [0.29, 0.717) is 13.0 Å². The first kappa shape index (κ1) is 9.34. The molecule has 0 saturated carbocycles. The topological polar surface area (TPSA) is 29.1 Å². The fourth-order valence-electron chi connectivity index (χ4n) is 1.01. The summed E-state index contributed by atoms with van der Waals surface area (Å²) in [5.41, 5.74) is 2.08. The van der Waals surface area contributed by atoms with E-state index in [-0.39, 0.29) is 0 Å². The first-order chi connectivity index (χ1) is 6.36. The average molecular weight is 173 g/mol. The molecule has 0 atom stereocenters. The molecule has 1 rings (SSSR count). The number of carbonyl (C=O) groups excluding carboxylic acids is 1. The first-order valence-corrected chi connectivity index (χ1v) is 4.05. The van der Waals surface area contributed by atoms with Gasteiger partial charge in [-0.2, -0.15) is 0 Å². The number of rotatable bonds is 3. The molecule has 1 aromatic rings. The zero-order chi connectivity index (χ0) is 9.52. The monoisotopic (exact) mass is 173 g/mol. The van der Waals surface area contributed by atoms with Crippen LogP contribution in [0.3, 0.4) is 0 Å². The molecular weight excluding hydrogens is 162 g/mol. The second-order valence-electron chi connectivity index (χ2n) is 2.57. The zero-order valence-electron chi connectivity index (χ0n) is 7.50. The van der Waals surface area contributed by atoms with Gasteiger partial charge < -0.3 is 5.32 Å². The lowest BCUT2D eigenvalue weighted by atomic mass is 10.1. The molecule has 13 heavy (non-hydrogen) atoms. The zero-order valence-corrected chi connectivity index (χ0v) is 7.50. The Morgan fingerprint density at radius 3 is 2.62 bits per heavy atom. The minimum atomic E-state index is 0.573. The number of nitrogens with one attached hydrogen (secondary N) is 1.